The van der Waals surface area contributed by atoms with Crippen molar-refractivity contribution in [3.05, 3.63) is 42.0 Å². The number of hydrogen-bond acceptors (Lipinski definition) is 11. The third-order valence-electron chi connectivity index (χ3n) is 10.9. The van der Waals surface area contributed by atoms with Gasteiger partial charge in [-0.2, -0.15) is 0 Å². The van der Waals surface area contributed by atoms with E-state index in [0.29, 0.717) is 13.1 Å². The first-order chi connectivity index (χ1) is 26.9. The third kappa shape index (κ3) is 6.69. The number of methoxy groups -OCH3 is 2. The summed E-state index contributed by atoms with van der Waals surface area (Å²) in [4.78, 5) is 78.4. The lowest BCUT2D eigenvalue weighted by molar-refractivity contribution is -0.136. The summed E-state index contributed by atoms with van der Waals surface area (Å²) in [7, 11) is 2.58. The summed E-state index contributed by atoms with van der Waals surface area (Å²) >= 11 is 3.22. The van der Waals surface area contributed by atoms with Crippen molar-refractivity contribution < 1.29 is 28.7 Å². The van der Waals surface area contributed by atoms with E-state index < -0.39 is 24.3 Å². The van der Waals surface area contributed by atoms with E-state index in [0.717, 1.165) is 89.6 Å². The second kappa shape index (κ2) is 15.0. The molecule has 0 unspecified atom stereocenters. The first-order valence-corrected chi connectivity index (χ1v) is 20.6. The fraction of sp³-hybridized carbons (Fsp3) is 0.462. The van der Waals surface area contributed by atoms with Crippen molar-refractivity contribution in [2.24, 2.45) is 11.8 Å². The normalized spacial score (nSPS) is 18.5. The molecule has 56 heavy (non-hydrogen) atoms. The molecule has 2 aliphatic heterocycles. The van der Waals surface area contributed by atoms with Crippen LogP contribution in [0, 0.1) is 11.8 Å². The van der Waals surface area contributed by atoms with E-state index in [1.54, 1.807) is 22.7 Å². The first kappa shape index (κ1) is 37.6. The van der Waals surface area contributed by atoms with Gasteiger partial charge in [-0.1, -0.05) is 33.8 Å². The molecule has 2 aromatic carbocycles. The molecule has 15 nitrogen and oxygen atoms in total. The van der Waals surface area contributed by atoms with Crippen LogP contribution < -0.4 is 10.6 Å². The van der Waals surface area contributed by atoms with E-state index in [2.05, 4.69) is 32.7 Å². The maximum Gasteiger partial charge on any atom is 0.407 e. The van der Waals surface area contributed by atoms with Gasteiger partial charge < -0.3 is 39.9 Å². The standard InChI is InChI=1S/C39H45N9O6S2/c1-18(2)27(45-38(51)53-5)36(49)47-15-7-9-24(47)33-40-21-12-11-20-17-26(55-31(20)29(21)43-33)35-42-23-14-13-22-30(32(23)56-35)44-34(41-22)25-10-8-16-48(25)37(50)28(19(3)4)46-39(52)54-6/h11-14,17-19,24-25,27-28H,7-10,15-16H2,1-6H3,(H,40,43)(H,41,44)(H,45,51)(H,46,52)/t24-,25-,27-,28-/m0/s1. The van der Waals surface area contributed by atoms with Gasteiger partial charge in [0.1, 0.15) is 39.8 Å². The molecule has 8 rings (SSSR count). The van der Waals surface area contributed by atoms with Gasteiger partial charge in [0, 0.05) is 13.1 Å². The number of aromatic nitrogens is 5. The van der Waals surface area contributed by atoms with Crippen LogP contribution in [-0.2, 0) is 19.1 Å². The highest BCUT2D eigenvalue weighted by Crippen LogP contribution is 2.43. The van der Waals surface area contributed by atoms with Gasteiger partial charge >= 0.3 is 12.2 Å². The number of likely N-dealkylation sites (tertiary alicyclic amines) is 2. The zero-order valence-electron chi connectivity index (χ0n) is 32.1. The third-order valence-corrected chi connectivity index (χ3v) is 13.3. The highest BCUT2D eigenvalue weighted by Gasteiger charge is 2.39. The molecular weight excluding hydrogens is 755 g/mol. The van der Waals surface area contributed by atoms with Crippen LogP contribution in [0.3, 0.4) is 0 Å². The van der Waals surface area contributed by atoms with Crippen LogP contribution in [0.25, 0.3) is 52.3 Å². The summed E-state index contributed by atoms with van der Waals surface area (Å²) < 4.78 is 11.6. The van der Waals surface area contributed by atoms with Gasteiger partial charge in [0.15, 0.2) is 0 Å². The van der Waals surface area contributed by atoms with Gasteiger partial charge in [0.25, 0.3) is 0 Å². The Morgan fingerprint density at radius 3 is 1.77 bits per heavy atom. The number of rotatable bonds is 9. The molecule has 4 aromatic heterocycles. The number of nitrogens with one attached hydrogen (secondary N) is 4. The van der Waals surface area contributed by atoms with Crippen molar-refractivity contribution in [2.45, 2.75) is 77.5 Å². The molecule has 6 aromatic rings. The van der Waals surface area contributed by atoms with Gasteiger partial charge in [-0.15, -0.1) is 22.7 Å². The largest absolute Gasteiger partial charge is 0.453 e. The molecule has 0 saturated carbocycles. The van der Waals surface area contributed by atoms with E-state index in [9.17, 15) is 19.2 Å². The predicted molar refractivity (Wildman–Crippen MR) is 215 cm³/mol. The molecule has 2 fully saturated rings. The minimum absolute atomic E-state index is 0.120. The lowest BCUT2D eigenvalue weighted by atomic mass is 10.0. The van der Waals surface area contributed by atoms with E-state index in [-0.39, 0.29) is 35.7 Å². The Labute approximate surface area is 330 Å². The summed E-state index contributed by atoms with van der Waals surface area (Å²) in [6.45, 7) is 8.77. The van der Waals surface area contributed by atoms with Crippen LogP contribution in [0.15, 0.2) is 30.3 Å². The molecule has 2 saturated heterocycles. The lowest BCUT2D eigenvalue weighted by Crippen LogP contribution is -2.51. The fourth-order valence-electron chi connectivity index (χ4n) is 7.98. The Morgan fingerprint density at radius 1 is 0.732 bits per heavy atom. The quantitative estimate of drug-likeness (QED) is 0.119. The Bertz CT molecular complexity index is 2310. The summed E-state index contributed by atoms with van der Waals surface area (Å²) in [5.74, 6) is 0.909. The van der Waals surface area contributed by atoms with Crippen LogP contribution in [0.2, 0.25) is 0 Å². The number of alkyl carbamates (subject to hydrolysis) is 2. The van der Waals surface area contributed by atoms with Gasteiger partial charge in [-0.25, -0.2) is 24.5 Å². The van der Waals surface area contributed by atoms with E-state index >= 15 is 0 Å². The van der Waals surface area contributed by atoms with Crippen molar-refractivity contribution in [3.8, 4) is 9.88 Å². The number of thiazole rings is 1. The molecule has 4 atom stereocenters. The second-order valence-corrected chi connectivity index (χ2v) is 17.2. The number of thiophene rings is 1. The number of fused-ring (bicyclic) bond motifs is 6. The predicted octanol–water partition coefficient (Wildman–Crippen LogP) is 7.02. The van der Waals surface area contributed by atoms with Crippen molar-refractivity contribution in [1.29, 1.82) is 0 Å². The number of nitrogens with zero attached hydrogens (tertiary/aromatic N) is 5. The summed E-state index contributed by atoms with van der Waals surface area (Å²) in [6, 6.07) is 8.34. The van der Waals surface area contributed by atoms with Gasteiger partial charge in [-0.3, -0.25) is 9.59 Å². The van der Waals surface area contributed by atoms with E-state index in [1.807, 2.05) is 55.7 Å². The number of benzene rings is 2. The van der Waals surface area contributed by atoms with Crippen LogP contribution in [-0.4, -0.2) is 98.1 Å². The maximum atomic E-state index is 13.7. The van der Waals surface area contributed by atoms with Crippen molar-refractivity contribution in [2.75, 3.05) is 27.3 Å². The molecule has 6 heterocycles. The number of hydrogen-bond donors (Lipinski definition) is 4. The molecule has 0 aliphatic carbocycles. The molecule has 294 valence electrons. The Morgan fingerprint density at radius 2 is 1.25 bits per heavy atom. The molecule has 4 N–H and O–H groups in total. The molecule has 0 radical (unpaired) electrons. The van der Waals surface area contributed by atoms with E-state index in [4.69, 9.17) is 24.4 Å². The molecule has 4 amide bonds. The molecular formula is C39H45N9O6S2. The van der Waals surface area contributed by atoms with Crippen molar-refractivity contribution >= 4 is 89.0 Å². The number of carbonyl (C=O) groups is 4. The Kier molecular flexibility index (Phi) is 10.1. The topological polar surface area (TPSA) is 188 Å². The SMILES string of the molecule is COC(=O)N[C@H](C(=O)N1CCC[C@H]1c1nc2c(ccc3cc(-c4nc5ccc6[nH]c([C@@H]7CCCN7C(=O)[C@@H](NC(=O)OC)C(C)C)nc6c5s4)sc32)[nH]1)C(C)C. The monoisotopic (exact) mass is 799 g/mol. The van der Waals surface area contributed by atoms with Crippen LogP contribution >= 0.6 is 22.7 Å². The number of imidazole rings is 2. The molecule has 0 bridgehead atoms. The average Bonchev–Trinajstić information content (AvgIpc) is 4.03. The second-order valence-electron chi connectivity index (χ2n) is 15.2. The number of aromatic amines is 2. The van der Waals surface area contributed by atoms with Crippen molar-refractivity contribution in [1.82, 2.24) is 45.4 Å². The minimum Gasteiger partial charge on any atom is -0.453 e. The fourth-order valence-corrected chi connectivity index (χ4v) is 10.2. The number of amides is 4. The highest BCUT2D eigenvalue weighted by molar-refractivity contribution is 7.29. The number of carbonyl (C=O) groups excluding carboxylic acids is 4. The summed E-state index contributed by atoms with van der Waals surface area (Å²) in [5, 5.41) is 7.35. The highest BCUT2D eigenvalue weighted by atomic mass is 32.1. The van der Waals surface area contributed by atoms with Crippen molar-refractivity contribution in [3.63, 3.8) is 0 Å². The molecule has 17 heteroatoms. The van der Waals surface area contributed by atoms with Crippen LogP contribution in [0.4, 0.5) is 9.59 Å². The van der Waals surface area contributed by atoms with Gasteiger partial charge in [0.05, 0.1) is 57.1 Å². The number of H-pyrrole nitrogens is 2. The Balaban J connectivity index is 1.08. The number of ether oxygens (including phenoxy) is 2. The summed E-state index contributed by atoms with van der Waals surface area (Å²) in [6.07, 6.45) is 1.93. The smallest absolute Gasteiger partial charge is 0.407 e. The Hall–Kier alpha value is -5.29. The van der Waals surface area contributed by atoms with Gasteiger partial charge in [-0.05, 0) is 67.2 Å². The van der Waals surface area contributed by atoms with Crippen LogP contribution in [0.5, 0.6) is 0 Å². The van der Waals surface area contributed by atoms with Gasteiger partial charge in [0.2, 0.25) is 11.8 Å². The summed E-state index contributed by atoms with van der Waals surface area (Å²) in [5.41, 5.74) is 4.26. The molecule has 0 spiro atoms. The first-order valence-electron chi connectivity index (χ1n) is 19.0. The maximum absolute atomic E-state index is 13.7. The zero-order valence-corrected chi connectivity index (χ0v) is 33.7. The van der Waals surface area contributed by atoms with Crippen LogP contribution in [0.1, 0.15) is 77.1 Å². The lowest BCUT2D eigenvalue weighted by Gasteiger charge is -2.29. The molecule has 2 aliphatic rings. The van der Waals surface area contributed by atoms with E-state index in [1.165, 1.54) is 14.2 Å². The zero-order chi connectivity index (χ0) is 39.4. The average molecular weight is 800 g/mol. The minimum atomic E-state index is -0.709.